The molecule has 12 atom stereocenters. The van der Waals surface area contributed by atoms with Crippen LogP contribution < -0.4 is 0 Å². The minimum absolute atomic E-state index is 0.0162. The van der Waals surface area contributed by atoms with Crippen molar-refractivity contribution in [2.75, 3.05) is 19.8 Å². The third kappa shape index (κ3) is 2.51. The van der Waals surface area contributed by atoms with Crippen molar-refractivity contribution in [1.82, 2.24) is 4.90 Å². The highest BCUT2D eigenvalue weighted by Gasteiger charge is 2.82. The summed E-state index contributed by atoms with van der Waals surface area (Å²) in [5.74, 6) is -1.97. The number of esters is 1. The summed E-state index contributed by atoms with van der Waals surface area (Å²) in [6, 6.07) is 0. The second-order valence-corrected chi connectivity index (χ2v) is 15.6. The van der Waals surface area contributed by atoms with Crippen LogP contribution in [-0.2, 0) is 23.8 Å². The molecule has 0 aromatic carbocycles. The first-order valence-corrected chi connectivity index (χ1v) is 15.7. The number of carbonyl (C=O) groups excluding carboxylic acids is 2. The fourth-order valence-corrected chi connectivity index (χ4v) is 12.2. The average molecular weight is 636 g/mol. The molecule has 8 heteroatoms. The minimum atomic E-state index is -1.48. The summed E-state index contributed by atoms with van der Waals surface area (Å²) in [4.78, 5) is 29.1. The molecule has 5 heterocycles. The monoisotopic (exact) mass is 635 g/mol. The number of aliphatic hydroxyl groups is 1. The van der Waals surface area contributed by atoms with Gasteiger partial charge in [0.15, 0.2) is 17.3 Å². The Morgan fingerprint density at radius 3 is 2.71 bits per heavy atom. The highest BCUT2D eigenvalue weighted by Crippen LogP contribution is 2.78. The first-order chi connectivity index (χ1) is 17.9. The molecule has 1 N–H and O–H groups in total. The van der Waals surface area contributed by atoms with E-state index in [1.807, 2.05) is 13.8 Å². The van der Waals surface area contributed by atoms with Crippen LogP contribution in [0.15, 0.2) is 23.4 Å². The number of rotatable bonds is 0. The molecule has 0 aromatic rings. The number of allylic oxidation sites excluding steroid dienone is 3. The third-order valence-electron chi connectivity index (χ3n) is 12.7. The molecule has 5 aliphatic heterocycles. The number of cyclic esters (lactones) is 1. The first kappa shape index (κ1) is 24.8. The number of hydrogen-bond donors (Lipinski definition) is 1. The summed E-state index contributed by atoms with van der Waals surface area (Å²) in [6.07, 6.45) is 8.33. The maximum Gasteiger partial charge on any atom is 0.306 e. The molecule has 8 rings (SSSR count). The number of halogens is 1. The van der Waals surface area contributed by atoms with Gasteiger partial charge < -0.3 is 24.2 Å². The lowest BCUT2D eigenvalue weighted by Gasteiger charge is -2.68. The lowest BCUT2D eigenvalue weighted by molar-refractivity contribution is -0.293. The van der Waals surface area contributed by atoms with Crippen molar-refractivity contribution >= 4 is 34.3 Å². The van der Waals surface area contributed by atoms with Crippen LogP contribution >= 0.6 is 22.6 Å². The van der Waals surface area contributed by atoms with Gasteiger partial charge in [0.2, 0.25) is 0 Å². The predicted molar refractivity (Wildman–Crippen MR) is 146 cm³/mol. The van der Waals surface area contributed by atoms with E-state index >= 15 is 0 Å². The van der Waals surface area contributed by atoms with Crippen molar-refractivity contribution in [2.24, 2.45) is 45.8 Å². The molecule has 3 aliphatic carbocycles. The molecule has 0 radical (unpaired) electrons. The maximum absolute atomic E-state index is 13.5. The molecule has 1 unspecified atom stereocenters. The van der Waals surface area contributed by atoms with Gasteiger partial charge in [-0.2, -0.15) is 0 Å². The molecule has 6 fully saturated rings. The summed E-state index contributed by atoms with van der Waals surface area (Å²) in [7, 11) is 0. The van der Waals surface area contributed by atoms with Gasteiger partial charge in [-0.1, -0.05) is 55.0 Å². The topological polar surface area (TPSA) is 85.3 Å². The van der Waals surface area contributed by atoms with E-state index in [2.05, 4.69) is 47.4 Å². The smallest absolute Gasteiger partial charge is 0.306 e. The van der Waals surface area contributed by atoms with E-state index < -0.39 is 16.6 Å². The second-order valence-electron chi connectivity index (χ2n) is 14.3. The summed E-state index contributed by atoms with van der Waals surface area (Å²) in [5.41, 5.74) is 0.449. The number of ketones is 1. The Morgan fingerprint density at radius 2 is 1.97 bits per heavy atom. The fraction of sp³-hybridized carbons (Fsp3) is 0.800. The van der Waals surface area contributed by atoms with Gasteiger partial charge in [-0.3, -0.25) is 9.59 Å². The molecule has 206 valence electrons. The molecule has 38 heavy (non-hydrogen) atoms. The number of fused-ring (bicyclic) bond motifs is 5. The highest BCUT2D eigenvalue weighted by atomic mass is 127. The summed E-state index contributed by atoms with van der Waals surface area (Å²) in [5, 5.41) is 12.5. The third-order valence-corrected chi connectivity index (χ3v) is 14.9. The fourth-order valence-electron chi connectivity index (χ4n) is 11.1. The van der Waals surface area contributed by atoms with Crippen LogP contribution in [0.25, 0.3) is 0 Å². The van der Waals surface area contributed by atoms with E-state index in [4.69, 9.17) is 14.2 Å². The van der Waals surface area contributed by atoms with Crippen molar-refractivity contribution in [2.45, 2.75) is 81.3 Å². The van der Waals surface area contributed by atoms with Crippen molar-refractivity contribution in [3.05, 3.63) is 23.4 Å². The molecule has 7 nitrogen and oxygen atoms in total. The van der Waals surface area contributed by atoms with Crippen LogP contribution in [0.2, 0.25) is 0 Å². The van der Waals surface area contributed by atoms with Crippen LogP contribution in [0.3, 0.4) is 0 Å². The number of piperidine rings is 1. The van der Waals surface area contributed by atoms with E-state index in [-0.39, 0.29) is 59.1 Å². The van der Waals surface area contributed by atoms with Crippen LogP contribution in [0.5, 0.6) is 0 Å². The molecule has 8 aliphatic rings. The molecule has 0 amide bonds. The number of alkyl halides is 1. The maximum atomic E-state index is 13.5. The Labute approximate surface area is 237 Å². The van der Waals surface area contributed by atoms with E-state index in [9.17, 15) is 14.7 Å². The van der Waals surface area contributed by atoms with E-state index in [1.165, 1.54) is 5.70 Å². The molecular formula is C30H38INO6. The molecule has 0 aromatic heterocycles. The minimum Gasteiger partial charge on any atom is -0.465 e. The van der Waals surface area contributed by atoms with Crippen molar-refractivity contribution in [3.63, 3.8) is 0 Å². The molecule has 1 saturated carbocycles. The van der Waals surface area contributed by atoms with Crippen LogP contribution in [0.4, 0.5) is 0 Å². The van der Waals surface area contributed by atoms with Gasteiger partial charge in [-0.15, -0.1) is 0 Å². The standard InChI is InChI=1S/C30H38INO6/c1-15-7-19-23(20(33)8-15)17(3)30(35)25-27(19,13-37-30)10-21-26(4,28(25)11-22(34)36-14-28)5-6-29-24(31)16(2)9-18(38-29)12-32(21)29/h8,10,16-19,23-25,35H,5-7,9,11-14H2,1-4H3/t16-,17+,18+,19+,23-,24+,25-,26+,27+,28+,29?,30-/m0/s1. The lowest BCUT2D eigenvalue weighted by Crippen LogP contribution is -2.72. The van der Waals surface area contributed by atoms with Gasteiger partial charge in [0.05, 0.1) is 29.7 Å². The van der Waals surface area contributed by atoms with Crippen LogP contribution in [-0.4, -0.2) is 63.1 Å². The normalized spacial score (nSPS) is 58.1. The zero-order chi connectivity index (χ0) is 26.6. The predicted octanol–water partition coefficient (Wildman–Crippen LogP) is 3.98. The number of carbonyl (C=O) groups is 2. The molecule has 2 spiro atoms. The van der Waals surface area contributed by atoms with Gasteiger partial charge >= 0.3 is 5.97 Å². The zero-order valence-electron chi connectivity index (χ0n) is 22.7. The lowest BCUT2D eigenvalue weighted by atomic mass is 9.37. The Balaban J connectivity index is 1.40. The van der Waals surface area contributed by atoms with Crippen LogP contribution in [0, 0.1) is 45.8 Å². The zero-order valence-corrected chi connectivity index (χ0v) is 24.8. The molecule has 4 bridgehead atoms. The van der Waals surface area contributed by atoms with Crippen molar-refractivity contribution < 1.29 is 28.9 Å². The van der Waals surface area contributed by atoms with E-state index in [0.29, 0.717) is 23.1 Å². The second kappa shape index (κ2) is 7.26. The highest BCUT2D eigenvalue weighted by molar-refractivity contribution is 14.1. The Hall–Kier alpha value is -0.970. The quantitative estimate of drug-likeness (QED) is 0.245. The first-order valence-electron chi connectivity index (χ1n) is 14.5. The Kier molecular flexibility index (Phi) is 4.74. The molecular weight excluding hydrogens is 597 g/mol. The van der Waals surface area contributed by atoms with Gasteiger partial charge in [-0.05, 0) is 50.5 Å². The Morgan fingerprint density at radius 1 is 1.18 bits per heavy atom. The molecule has 5 saturated heterocycles. The van der Waals surface area contributed by atoms with Crippen LogP contribution in [0.1, 0.15) is 59.8 Å². The SMILES string of the molecule is CC1=CC(=O)[C@@H]2[C@@H](C1)[C@]13C=C4N5C[C@H]6C[C@H](C)[C@@H](I)C5(CC[C@@]4(C)[C@]4(COC(=O)C4)[C@H]1[C@@](O)(OC3)[C@@H]2C)O6. The average Bonchev–Trinajstić information content (AvgIpc) is 3.49. The number of nitrogens with zero attached hydrogens (tertiary/aromatic N) is 1. The van der Waals surface area contributed by atoms with Gasteiger partial charge in [-0.25, -0.2) is 0 Å². The van der Waals surface area contributed by atoms with E-state index in [0.717, 1.165) is 37.8 Å². The van der Waals surface area contributed by atoms with Crippen molar-refractivity contribution in [3.8, 4) is 0 Å². The number of ether oxygens (including phenoxy) is 3. The van der Waals surface area contributed by atoms with Gasteiger partial charge in [0.25, 0.3) is 0 Å². The van der Waals surface area contributed by atoms with Gasteiger partial charge in [0, 0.05) is 46.2 Å². The summed E-state index contributed by atoms with van der Waals surface area (Å²) < 4.78 is 19.6. The Bertz CT molecular complexity index is 1230. The van der Waals surface area contributed by atoms with E-state index in [1.54, 1.807) is 6.08 Å². The summed E-state index contributed by atoms with van der Waals surface area (Å²) >= 11 is 2.62. The largest absolute Gasteiger partial charge is 0.465 e. The summed E-state index contributed by atoms with van der Waals surface area (Å²) in [6.45, 7) is 10.2. The van der Waals surface area contributed by atoms with Gasteiger partial charge in [0.1, 0.15) is 0 Å². The van der Waals surface area contributed by atoms with Crippen molar-refractivity contribution in [1.29, 1.82) is 0 Å². The number of hydrogen-bond acceptors (Lipinski definition) is 7.